The standard InChI is InChI=1S/C13H15BrN2O2/c1-16(13(17)5-7-15)8-6-10-9-11(14)3-4-12(10)18-2/h3-4,9H,5-6,8H2,1-2H3. The van der Waals surface area contributed by atoms with E-state index in [2.05, 4.69) is 15.9 Å². The summed E-state index contributed by atoms with van der Waals surface area (Å²) in [6, 6.07) is 7.62. The van der Waals surface area contributed by atoms with Crippen molar-refractivity contribution in [2.45, 2.75) is 12.8 Å². The van der Waals surface area contributed by atoms with Crippen molar-refractivity contribution in [3.05, 3.63) is 28.2 Å². The number of nitrogens with zero attached hydrogens (tertiary/aromatic N) is 2. The van der Waals surface area contributed by atoms with Gasteiger partial charge in [0.1, 0.15) is 12.2 Å². The predicted octanol–water partition coefficient (Wildman–Crippen LogP) is 2.37. The molecular weight excluding hydrogens is 296 g/mol. The first-order chi connectivity index (χ1) is 8.58. The molecule has 0 saturated heterocycles. The van der Waals surface area contributed by atoms with E-state index in [1.54, 1.807) is 19.1 Å². The number of carbonyl (C=O) groups is 1. The number of ether oxygens (including phenoxy) is 1. The van der Waals surface area contributed by atoms with Gasteiger partial charge in [-0.25, -0.2) is 0 Å². The first-order valence-electron chi connectivity index (χ1n) is 5.51. The van der Waals surface area contributed by atoms with Crippen LogP contribution in [0, 0.1) is 11.3 Å². The number of hydrogen-bond acceptors (Lipinski definition) is 3. The quantitative estimate of drug-likeness (QED) is 0.839. The van der Waals surface area contributed by atoms with E-state index >= 15 is 0 Å². The molecule has 18 heavy (non-hydrogen) atoms. The fourth-order valence-corrected chi connectivity index (χ4v) is 1.97. The summed E-state index contributed by atoms with van der Waals surface area (Å²) in [5.74, 6) is 0.644. The van der Waals surface area contributed by atoms with Gasteiger partial charge < -0.3 is 9.64 Å². The number of nitriles is 1. The van der Waals surface area contributed by atoms with Gasteiger partial charge in [-0.3, -0.25) is 4.79 Å². The van der Waals surface area contributed by atoms with Gasteiger partial charge in [-0.2, -0.15) is 5.26 Å². The number of hydrogen-bond donors (Lipinski definition) is 0. The zero-order chi connectivity index (χ0) is 13.5. The molecule has 0 saturated carbocycles. The van der Waals surface area contributed by atoms with Crippen molar-refractivity contribution in [1.82, 2.24) is 4.90 Å². The fourth-order valence-electron chi connectivity index (χ4n) is 1.56. The Hall–Kier alpha value is -1.54. The molecule has 0 aliphatic heterocycles. The summed E-state index contributed by atoms with van der Waals surface area (Å²) >= 11 is 3.41. The minimum absolute atomic E-state index is 0.0773. The third-order valence-corrected chi connectivity index (χ3v) is 3.11. The molecule has 0 spiro atoms. The Balaban J connectivity index is 2.66. The average molecular weight is 311 g/mol. The van der Waals surface area contributed by atoms with E-state index in [-0.39, 0.29) is 12.3 Å². The molecule has 0 bridgehead atoms. The lowest BCUT2D eigenvalue weighted by Gasteiger charge is -2.16. The summed E-state index contributed by atoms with van der Waals surface area (Å²) in [6.07, 6.45) is 0.613. The molecule has 0 aliphatic carbocycles. The fraction of sp³-hybridized carbons (Fsp3) is 0.385. The highest BCUT2D eigenvalue weighted by Crippen LogP contribution is 2.23. The van der Waals surface area contributed by atoms with Crippen molar-refractivity contribution >= 4 is 21.8 Å². The molecule has 1 aromatic rings. The van der Waals surface area contributed by atoms with Crippen molar-refractivity contribution in [3.63, 3.8) is 0 Å². The van der Waals surface area contributed by atoms with Crippen molar-refractivity contribution in [3.8, 4) is 11.8 Å². The molecular formula is C13H15BrN2O2. The van der Waals surface area contributed by atoms with Crippen LogP contribution in [0.25, 0.3) is 0 Å². The number of likely N-dealkylation sites (N-methyl/N-ethyl adjacent to an activating group) is 1. The number of methoxy groups -OCH3 is 1. The third kappa shape index (κ3) is 4.04. The lowest BCUT2D eigenvalue weighted by atomic mass is 10.1. The van der Waals surface area contributed by atoms with Gasteiger partial charge in [0.25, 0.3) is 0 Å². The summed E-state index contributed by atoms with van der Waals surface area (Å²) < 4.78 is 6.24. The van der Waals surface area contributed by atoms with Gasteiger partial charge in [-0.15, -0.1) is 0 Å². The minimum Gasteiger partial charge on any atom is -0.496 e. The van der Waals surface area contributed by atoms with E-state index < -0.39 is 0 Å². The van der Waals surface area contributed by atoms with Crippen LogP contribution in [0.15, 0.2) is 22.7 Å². The molecule has 0 unspecified atom stereocenters. The van der Waals surface area contributed by atoms with Gasteiger partial charge >= 0.3 is 0 Å². The molecule has 0 fully saturated rings. The monoisotopic (exact) mass is 310 g/mol. The summed E-state index contributed by atoms with van der Waals surface area (Å²) in [7, 11) is 3.32. The summed E-state index contributed by atoms with van der Waals surface area (Å²) in [4.78, 5) is 13.0. The van der Waals surface area contributed by atoms with Crippen LogP contribution in [0.5, 0.6) is 5.75 Å². The van der Waals surface area contributed by atoms with Crippen LogP contribution in [0.1, 0.15) is 12.0 Å². The lowest BCUT2D eigenvalue weighted by Crippen LogP contribution is -2.28. The van der Waals surface area contributed by atoms with E-state index in [9.17, 15) is 4.79 Å². The number of benzene rings is 1. The largest absolute Gasteiger partial charge is 0.496 e. The van der Waals surface area contributed by atoms with E-state index in [1.807, 2.05) is 24.3 Å². The molecule has 1 amide bonds. The van der Waals surface area contributed by atoms with Gasteiger partial charge in [0.05, 0.1) is 13.2 Å². The van der Waals surface area contributed by atoms with E-state index in [4.69, 9.17) is 10.00 Å². The molecule has 1 rings (SSSR count). The molecule has 96 valence electrons. The molecule has 5 heteroatoms. The van der Waals surface area contributed by atoms with Gasteiger partial charge in [0.2, 0.25) is 5.91 Å². The van der Waals surface area contributed by atoms with Crippen molar-refractivity contribution < 1.29 is 9.53 Å². The number of carbonyl (C=O) groups excluding carboxylic acids is 1. The van der Waals surface area contributed by atoms with Crippen LogP contribution < -0.4 is 4.74 Å². The smallest absolute Gasteiger partial charge is 0.236 e. The Bertz CT molecular complexity index is 469. The highest BCUT2D eigenvalue weighted by atomic mass is 79.9. The summed E-state index contributed by atoms with van der Waals surface area (Å²) in [6.45, 7) is 0.563. The lowest BCUT2D eigenvalue weighted by molar-refractivity contribution is -0.128. The molecule has 4 nitrogen and oxygen atoms in total. The zero-order valence-electron chi connectivity index (χ0n) is 10.4. The Morgan fingerprint density at radius 3 is 2.89 bits per heavy atom. The first kappa shape index (κ1) is 14.5. The predicted molar refractivity (Wildman–Crippen MR) is 72.3 cm³/mol. The van der Waals surface area contributed by atoms with Gasteiger partial charge in [-0.1, -0.05) is 15.9 Å². The maximum Gasteiger partial charge on any atom is 0.236 e. The molecule has 0 N–H and O–H groups in total. The van der Waals surface area contributed by atoms with Gasteiger partial charge in [-0.05, 0) is 30.2 Å². The van der Waals surface area contributed by atoms with Gasteiger partial charge in [0.15, 0.2) is 0 Å². The van der Waals surface area contributed by atoms with Crippen molar-refractivity contribution in [2.75, 3.05) is 20.7 Å². The van der Waals surface area contributed by atoms with Crippen LogP contribution >= 0.6 is 15.9 Å². The second-order valence-corrected chi connectivity index (χ2v) is 4.77. The van der Waals surface area contributed by atoms with Crippen LogP contribution in [0.4, 0.5) is 0 Å². The Morgan fingerprint density at radius 2 is 2.28 bits per heavy atom. The molecule has 0 aliphatic rings. The maximum atomic E-state index is 11.4. The third-order valence-electron chi connectivity index (χ3n) is 2.62. The second-order valence-electron chi connectivity index (χ2n) is 3.86. The van der Waals surface area contributed by atoms with E-state index in [1.165, 1.54) is 0 Å². The maximum absolute atomic E-state index is 11.4. The van der Waals surface area contributed by atoms with E-state index in [0.717, 1.165) is 15.8 Å². The van der Waals surface area contributed by atoms with Gasteiger partial charge in [0, 0.05) is 18.1 Å². The Labute approximate surface area is 115 Å². The summed E-state index contributed by atoms with van der Waals surface area (Å²) in [5, 5.41) is 8.47. The molecule has 0 aromatic heterocycles. The highest BCUT2D eigenvalue weighted by Gasteiger charge is 2.10. The second kappa shape index (κ2) is 7.02. The normalized spacial score (nSPS) is 9.67. The molecule has 1 aromatic carbocycles. The number of rotatable bonds is 5. The van der Waals surface area contributed by atoms with Crippen LogP contribution in [-0.4, -0.2) is 31.5 Å². The Morgan fingerprint density at radius 1 is 1.56 bits per heavy atom. The van der Waals surface area contributed by atoms with E-state index in [0.29, 0.717) is 13.0 Å². The first-order valence-corrected chi connectivity index (χ1v) is 6.31. The minimum atomic E-state index is -0.161. The zero-order valence-corrected chi connectivity index (χ0v) is 12.0. The number of amides is 1. The topological polar surface area (TPSA) is 53.3 Å². The van der Waals surface area contributed by atoms with Crippen LogP contribution in [0.2, 0.25) is 0 Å². The van der Waals surface area contributed by atoms with Crippen molar-refractivity contribution in [2.24, 2.45) is 0 Å². The van der Waals surface area contributed by atoms with Crippen molar-refractivity contribution in [1.29, 1.82) is 5.26 Å². The number of halogens is 1. The molecule has 0 radical (unpaired) electrons. The van der Waals surface area contributed by atoms with Crippen LogP contribution in [-0.2, 0) is 11.2 Å². The average Bonchev–Trinajstić information content (AvgIpc) is 2.36. The molecule has 0 heterocycles. The highest BCUT2D eigenvalue weighted by molar-refractivity contribution is 9.10. The Kier molecular flexibility index (Phi) is 5.66. The van der Waals surface area contributed by atoms with Crippen LogP contribution in [0.3, 0.4) is 0 Å². The summed E-state index contributed by atoms with van der Waals surface area (Å²) in [5.41, 5.74) is 1.03. The molecule has 0 atom stereocenters. The SMILES string of the molecule is COc1ccc(Br)cc1CCN(C)C(=O)CC#N.